The topological polar surface area (TPSA) is 52.8 Å². The number of fused-ring (bicyclic) bond motifs is 1. The van der Waals surface area contributed by atoms with Crippen LogP contribution in [0.15, 0.2) is 67.0 Å². The summed E-state index contributed by atoms with van der Waals surface area (Å²) < 4.78 is 7.16. The molecule has 0 atom stereocenters. The number of benzene rings is 2. The number of methoxy groups -OCH3 is 1. The molecule has 2 aromatic heterocycles. The Kier molecular flexibility index (Phi) is 3.24. The molecule has 5 heteroatoms. The molecule has 112 valence electrons. The Balaban J connectivity index is 2.02. The Morgan fingerprint density at radius 3 is 2.43 bits per heavy atom. The van der Waals surface area contributed by atoms with Gasteiger partial charge in [0.15, 0.2) is 0 Å². The molecule has 0 saturated heterocycles. The number of rotatable bonds is 3. The van der Waals surface area contributed by atoms with Gasteiger partial charge in [-0.25, -0.2) is 4.68 Å². The number of ether oxygens (including phenoxy) is 1. The van der Waals surface area contributed by atoms with Gasteiger partial charge in [-0.05, 0) is 18.2 Å². The van der Waals surface area contributed by atoms with Crippen molar-refractivity contribution in [3.63, 3.8) is 0 Å². The molecule has 23 heavy (non-hydrogen) atoms. The molecule has 4 aromatic rings. The predicted molar refractivity (Wildman–Crippen MR) is 88.6 cm³/mol. The van der Waals surface area contributed by atoms with Gasteiger partial charge < -0.3 is 4.74 Å². The van der Waals surface area contributed by atoms with Gasteiger partial charge in [-0.15, -0.1) is 10.2 Å². The number of para-hydroxylation sites is 1. The summed E-state index contributed by atoms with van der Waals surface area (Å²) in [5, 5.41) is 14.9. The Morgan fingerprint density at radius 2 is 1.65 bits per heavy atom. The average Bonchev–Trinajstić information content (AvgIpc) is 3.15. The van der Waals surface area contributed by atoms with Crippen LogP contribution in [0.1, 0.15) is 0 Å². The van der Waals surface area contributed by atoms with E-state index < -0.39 is 0 Å². The average molecular weight is 302 g/mol. The standard InChI is InChI=1S/C18H14N4O/c1-23-18-14-8-3-2-7-13(14)17(20-21-18)15-9-4-5-10-16(15)22-12-6-11-19-22/h2-12H,1H3. The number of hydrogen-bond acceptors (Lipinski definition) is 4. The van der Waals surface area contributed by atoms with Gasteiger partial charge >= 0.3 is 0 Å². The van der Waals surface area contributed by atoms with E-state index in [-0.39, 0.29) is 0 Å². The molecule has 0 bridgehead atoms. The fourth-order valence-corrected chi connectivity index (χ4v) is 2.71. The number of hydrogen-bond donors (Lipinski definition) is 0. The van der Waals surface area contributed by atoms with Crippen LogP contribution in [0.25, 0.3) is 27.7 Å². The second-order valence-corrected chi connectivity index (χ2v) is 5.07. The minimum absolute atomic E-state index is 0.529. The zero-order valence-electron chi connectivity index (χ0n) is 12.5. The van der Waals surface area contributed by atoms with Gasteiger partial charge in [-0.1, -0.05) is 36.4 Å². The molecule has 5 nitrogen and oxygen atoms in total. The quantitative estimate of drug-likeness (QED) is 0.581. The minimum atomic E-state index is 0.529. The summed E-state index contributed by atoms with van der Waals surface area (Å²) in [7, 11) is 1.60. The fraction of sp³-hybridized carbons (Fsp3) is 0.0556. The monoisotopic (exact) mass is 302 g/mol. The molecule has 0 amide bonds. The summed E-state index contributed by atoms with van der Waals surface area (Å²) in [6, 6.07) is 17.9. The van der Waals surface area contributed by atoms with E-state index in [1.54, 1.807) is 13.3 Å². The first-order valence-electron chi connectivity index (χ1n) is 7.27. The van der Waals surface area contributed by atoms with E-state index in [0.29, 0.717) is 5.88 Å². The van der Waals surface area contributed by atoms with Crippen molar-refractivity contribution >= 4 is 10.8 Å². The largest absolute Gasteiger partial charge is 0.479 e. The zero-order valence-corrected chi connectivity index (χ0v) is 12.5. The summed E-state index contributed by atoms with van der Waals surface area (Å²) in [4.78, 5) is 0. The third kappa shape index (κ3) is 2.23. The van der Waals surface area contributed by atoms with E-state index in [1.807, 2.05) is 65.5 Å². The Bertz CT molecular complexity index is 964. The lowest BCUT2D eigenvalue weighted by atomic mass is 10.0. The summed E-state index contributed by atoms with van der Waals surface area (Å²) >= 11 is 0. The summed E-state index contributed by atoms with van der Waals surface area (Å²) in [5.41, 5.74) is 2.75. The van der Waals surface area contributed by atoms with Crippen LogP contribution in [0.3, 0.4) is 0 Å². The SMILES string of the molecule is COc1nnc(-c2ccccc2-n2cccn2)c2ccccc12. The van der Waals surface area contributed by atoms with E-state index in [2.05, 4.69) is 15.3 Å². The minimum Gasteiger partial charge on any atom is -0.479 e. The van der Waals surface area contributed by atoms with Gasteiger partial charge in [-0.3, -0.25) is 0 Å². The molecule has 0 fully saturated rings. The molecule has 0 spiro atoms. The molecule has 0 saturated carbocycles. The van der Waals surface area contributed by atoms with Crippen molar-refractivity contribution in [3.05, 3.63) is 67.0 Å². The van der Waals surface area contributed by atoms with Crippen LogP contribution < -0.4 is 4.74 Å². The summed E-state index contributed by atoms with van der Waals surface area (Å²) in [5.74, 6) is 0.529. The van der Waals surface area contributed by atoms with Crippen molar-refractivity contribution in [1.29, 1.82) is 0 Å². The highest BCUT2D eigenvalue weighted by molar-refractivity contribution is 5.98. The fourth-order valence-electron chi connectivity index (χ4n) is 2.71. The maximum Gasteiger partial charge on any atom is 0.241 e. The van der Waals surface area contributed by atoms with Crippen LogP contribution in [0, 0.1) is 0 Å². The first-order chi connectivity index (χ1) is 11.4. The Morgan fingerprint density at radius 1 is 0.870 bits per heavy atom. The Hall–Kier alpha value is -3.21. The number of aromatic nitrogens is 4. The van der Waals surface area contributed by atoms with E-state index in [1.165, 1.54) is 0 Å². The molecule has 2 heterocycles. The summed E-state index contributed by atoms with van der Waals surface area (Å²) in [6.45, 7) is 0. The molecule has 0 N–H and O–H groups in total. The lowest BCUT2D eigenvalue weighted by molar-refractivity contribution is 0.398. The molecular weight excluding hydrogens is 288 g/mol. The van der Waals surface area contributed by atoms with Gasteiger partial charge in [0, 0.05) is 28.7 Å². The molecule has 0 radical (unpaired) electrons. The lowest BCUT2D eigenvalue weighted by Crippen LogP contribution is -2.00. The second kappa shape index (κ2) is 5.53. The Labute approximate surface area is 133 Å². The van der Waals surface area contributed by atoms with Crippen molar-refractivity contribution in [3.8, 4) is 22.8 Å². The molecular formula is C18H14N4O. The third-order valence-electron chi connectivity index (χ3n) is 3.76. The smallest absolute Gasteiger partial charge is 0.241 e. The molecule has 0 aliphatic rings. The van der Waals surface area contributed by atoms with Crippen molar-refractivity contribution < 1.29 is 4.74 Å². The van der Waals surface area contributed by atoms with E-state index in [0.717, 1.165) is 27.7 Å². The molecule has 0 aliphatic heterocycles. The van der Waals surface area contributed by atoms with Crippen molar-refractivity contribution in [2.24, 2.45) is 0 Å². The van der Waals surface area contributed by atoms with Crippen molar-refractivity contribution in [2.45, 2.75) is 0 Å². The molecule has 4 rings (SSSR count). The van der Waals surface area contributed by atoms with E-state index in [9.17, 15) is 0 Å². The van der Waals surface area contributed by atoms with Gasteiger partial charge in [0.1, 0.15) is 5.69 Å². The first-order valence-corrected chi connectivity index (χ1v) is 7.27. The number of nitrogens with zero attached hydrogens (tertiary/aromatic N) is 4. The van der Waals surface area contributed by atoms with Crippen LogP contribution >= 0.6 is 0 Å². The summed E-state index contributed by atoms with van der Waals surface area (Å²) in [6.07, 6.45) is 3.67. The molecule has 0 aliphatic carbocycles. The van der Waals surface area contributed by atoms with Crippen LogP contribution in [-0.4, -0.2) is 27.1 Å². The highest BCUT2D eigenvalue weighted by Crippen LogP contribution is 2.33. The van der Waals surface area contributed by atoms with E-state index in [4.69, 9.17) is 4.74 Å². The first kappa shape index (κ1) is 13.5. The van der Waals surface area contributed by atoms with Gasteiger partial charge in [0.2, 0.25) is 5.88 Å². The van der Waals surface area contributed by atoms with Crippen LogP contribution in [0.2, 0.25) is 0 Å². The van der Waals surface area contributed by atoms with Gasteiger partial charge in [0.25, 0.3) is 0 Å². The van der Waals surface area contributed by atoms with Crippen LogP contribution in [-0.2, 0) is 0 Å². The molecule has 0 unspecified atom stereocenters. The maximum absolute atomic E-state index is 5.33. The highest BCUT2D eigenvalue weighted by atomic mass is 16.5. The van der Waals surface area contributed by atoms with Crippen LogP contribution in [0.4, 0.5) is 0 Å². The van der Waals surface area contributed by atoms with Gasteiger partial charge in [-0.2, -0.15) is 5.10 Å². The third-order valence-corrected chi connectivity index (χ3v) is 3.76. The normalized spacial score (nSPS) is 10.8. The van der Waals surface area contributed by atoms with Gasteiger partial charge in [0.05, 0.1) is 12.8 Å². The highest BCUT2D eigenvalue weighted by Gasteiger charge is 2.14. The van der Waals surface area contributed by atoms with Crippen molar-refractivity contribution in [1.82, 2.24) is 20.0 Å². The van der Waals surface area contributed by atoms with Crippen molar-refractivity contribution in [2.75, 3.05) is 7.11 Å². The van der Waals surface area contributed by atoms with Crippen LogP contribution in [0.5, 0.6) is 5.88 Å². The van der Waals surface area contributed by atoms with E-state index >= 15 is 0 Å². The lowest BCUT2D eigenvalue weighted by Gasteiger charge is -2.12. The maximum atomic E-state index is 5.33. The predicted octanol–water partition coefficient (Wildman–Crippen LogP) is 3.49. The zero-order chi connectivity index (χ0) is 15.6. The second-order valence-electron chi connectivity index (χ2n) is 5.07. The molecule has 2 aromatic carbocycles.